The highest BCUT2D eigenvalue weighted by Crippen LogP contribution is 2.26. The third kappa shape index (κ3) is 4.60. The molecule has 0 N–H and O–H groups in total. The van der Waals surface area contributed by atoms with Gasteiger partial charge in [-0.2, -0.15) is 0 Å². The molecule has 0 aliphatic carbocycles. The standard InChI is InChI=1S/C16H21Cl2NO2/c1-16(2,3)21-15(20)14-5-4-8-19(14)10-11-6-7-12(17)13(18)9-11/h6-7,9,14H,4-5,8,10H2,1-3H3/t14-/m1/s1. The van der Waals surface area contributed by atoms with E-state index in [9.17, 15) is 4.79 Å². The maximum atomic E-state index is 12.3. The molecule has 2 rings (SSSR count). The maximum Gasteiger partial charge on any atom is 0.323 e. The molecule has 5 heteroatoms. The first-order valence-electron chi connectivity index (χ1n) is 7.17. The van der Waals surface area contributed by atoms with Crippen molar-refractivity contribution in [3.8, 4) is 0 Å². The molecule has 0 radical (unpaired) electrons. The van der Waals surface area contributed by atoms with E-state index in [1.807, 2.05) is 32.9 Å². The Bertz CT molecular complexity index is 525. The lowest BCUT2D eigenvalue weighted by atomic mass is 10.1. The van der Waals surface area contributed by atoms with Gasteiger partial charge in [0.15, 0.2) is 0 Å². The predicted molar refractivity (Wildman–Crippen MR) is 85.7 cm³/mol. The van der Waals surface area contributed by atoms with Crippen molar-refractivity contribution in [1.29, 1.82) is 0 Å². The van der Waals surface area contributed by atoms with E-state index < -0.39 is 5.60 Å². The van der Waals surface area contributed by atoms with E-state index >= 15 is 0 Å². The quantitative estimate of drug-likeness (QED) is 0.774. The van der Waals surface area contributed by atoms with Gasteiger partial charge < -0.3 is 4.74 Å². The fraction of sp³-hybridized carbons (Fsp3) is 0.562. The van der Waals surface area contributed by atoms with E-state index in [1.54, 1.807) is 6.07 Å². The summed E-state index contributed by atoms with van der Waals surface area (Å²) < 4.78 is 5.50. The monoisotopic (exact) mass is 329 g/mol. The van der Waals surface area contributed by atoms with E-state index in [0.717, 1.165) is 24.9 Å². The second-order valence-corrected chi connectivity index (χ2v) is 7.22. The number of rotatable bonds is 3. The maximum absolute atomic E-state index is 12.3. The van der Waals surface area contributed by atoms with E-state index in [4.69, 9.17) is 27.9 Å². The van der Waals surface area contributed by atoms with Crippen LogP contribution in [0.5, 0.6) is 0 Å². The second kappa shape index (κ2) is 6.55. The fourth-order valence-corrected chi connectivity index (χ4v) is 2.85. The highest BCUT2D eigenvalue weighted by molar-refractivity contribution is 6.42. The average Bonchev–Trinajstić information content (AvgIpc) is 2.80. The Hall–Kier alpha value is -0.770. The van der Waals surface area contributed by atoms with Gasteiger partial charge in [0.2, 0.25) is 0 Å². The van der Waals surface area contributed by atoms with Gasteiger partial charge in [-0.1, -0.05) is 29.3 Å². The van der Waals surface area contributed by atoms with Gasteiger partial charge in [-0.15, -0.1) is 0 Å². The molecule has 1 atom stereocenters. The summed E-state index contributed by atoms with van der Waals surface area (Å²) >= 11 is 12.0. The lowest BCUT2D eigenvalue weighted by Gasteiger charge is -2.27. The lowest BCUT2D eigenvalue weighted by Crippen LogP contribution is -2.40. The molecule has 0 bridgehead atoms. The first-order chi connectivity index (χ1) is 9.76. The van der Waals surface area contributed by atoms with Gasteiger partial charge in [-0.3, -0.25) is 9.69 Å². The molecule has 1 aliphatic rings. The number of ether oxygens (including phenoxy) is 1. The number of carbonyl (C=O) groups excluding carboxylic acids is 1. The Morgan fingerprint density at radius 3 is 2.67 bits per heavy atom. The molecule has 1 saturated heterocycles. The SMILES string of the molecule is CC(C)(C)OC(=O)[C@H]1CCCN1Cc1ccc(Cl)c(Cl)c1. The smallest absolute Gasteiger partial charge is 0.323 e. The number of likely N-dealkylation sites (tertiary alicyclic amines) is 1. The van der Waals surface area contributed by atoms with Gasteiger partial charge in [0.05, 0.1) is 10.0 Å². The van der Waals surface area contributed by atoms with Crippen LogP contribution in [0.3, 0.4) is 0 Å². The van der Waals surface area contributed by atoms with Crippen molar-refractivity contribution in [2.75, 3.05) is 6.54 Å². The Morgan fingerprint density at radius 2 is 2.05 bits per heavy atom. The minimum Gasteiger partial charge on any atom is -0.459 e. The normalized spacial score (nSPS) is 19.8. The molecule has 3 nitrogen and oxygen atoms in total. The Kier molecular flexibility index (Phi) is 5.18. The Balaban J connectivity index is 2.05. The van der Waals surface area contributed by atoms with E-state index in [1.165, 1.54) is 0 Å². The molecular formula is C16H21Cl2NO2. The van der Waals surface area contributed by atoms with E-state index in [2.05, 4.69) is 4.90 Å². The molecule has 1 heterocycles. The van der Waals surface area contributed by atoms with Gasteiger partial charge in [0.25, 0.3) is 0 Å². The van der Waals surface area contributed by atoms with Crippen LogP contribution in [0.25, 0.3) is 0 Å². The molecule has 0 unspecified atom stereocenters. The summed E-state index contributed by atoms with van der Waals surface area (Å²) in [6.45, 7) is 7.25. The highest BCUT2D eigenvalue weighted by Gasteiger charge is 2.33. The van der Waals surface area contributed by atoms with Crippen molar-refractivity contribution in [2.24, 2.45) is 0 Å². The van der Waals surface area contributed by atoms with Crippen molar-refractivity contribution in [2.45, 2.75) is 51.8 Å². The fourth-order valence-electron chi connectivity index (χ4n) is 2.52. The summed E-state index contributed by atoms with van der Waals surface area (Å²) in [4.78, 5) is 14.4. The molecule has 21 heavy (non-hydrogen) atoms. The van der Waals surface area contributed by atoms with Crippen LogP contribution in [-0.2, 0) is 16.1 Å². The summed E-state index contributed by atoms with van der Waals surface area (Å²) in [6.07, 6.45) is 1.85. The Morgan fingerprint density at radius 1 is 1.33 bits per heavy atom. The van der Waals surface area contributed by atoms with Crippen LogP contribution in [0.1, 0.15) is 39.2 Å². The van der Waals surface area contributed by atoms with Crippen LogP contribution in [0, 0.1) is 0 Å². The van der Waals surface area contributed by atoms with Crippen molar-refractivity contribution >= 4 is 29.2 Å². The number of carbonyl (C=O) groups is 1. The number of halogens is 2. The second-order valence-electron chi connectivity index (χ2n) is 6.41. The number of hydrogen-bond donors (Lipinski definition) is 0. The molecule has 0 aromatic heterocycles. The third-order valence-corrected chi connectivity index (χ3v) is 4.15. The van der Waals surface area contributed by atoms with Crippen LogP contribution in [0.4, 0.5) is 0 Å². The lowest BCUT2D eigenvalue weighted by molar-refractivity contribution is -0.160. The largest absolute Gasteiger partial charge is 0.459 e. The van der Waals surface area contributed by atoms with Crippen molar-refractivity contribution in [3.63, 3.8) is 0 Å². The molecule has 1 aliphatic heterocycles. The first kappa shape index (κ1) is 16.6. The molecule has 0 saturated carbocycles. The van der Waals surface area contributed by atoms with Gasteiger partial charge in [-0.25, -0.2) is 0 Å². The minimum absolute atomic E-state index is 0.139. The molecular weight excluding hydrogens is 309 g/mol. The number of nitrogens with zero attached hydrogens (tertiary/aromatic N) is 1. The van der Waals surface area contributed by atoms with Crippen molar-refractivity contribution < 1.29 is 9.53 Å². The summed E-state index contributed by atoms with van der Waals surface area (Å²) in [5.74, 6) is -0.139. The molecule has 0 spiro atoms. The molecule has 1 aromatic carbocycles. The number of benzene rings is 1. The van der Waals surface area contributed by atoms with E-state index in [-0.39, 0.29) is 12.0 Å². The molecule has 116 valence electrons. The zero-order chi connectivity index (χ0) is 15.6. The zero-order valence-electron chi connectivity index (χ0n) is 12.7. The van der Waals surface area contributed by atoms with Crippen LogP contribution in [0.15, 0.2) is 18.2 Å². The van der Waals surface area contributed by atoms with Crippen LogP contribution in [0.2, 0.25) is 10.0 Å². The molecule has 1 aromatic rings. The summed E-state index contributed by atoms with van der Waals surface area (Å²) in [5.41, 5.74) is 0.606. The first-order valence-corrected chi connectivity index (χ1v) is 7.93. The summed E-state index contributed by atoms with van der Waals surface area (Å²) in [7, 11) is 0. The van der Waals surface area contributed by atoms with Gasteiger partial charge in [0, 0.05) is 6.54 Å². The third-order valence-electron chi connectivity index (χ3n) is 3.41. The van der Waals surface area contributed by atoms with Crippen molar-refractivity contribution in [3.05, 3.63) is 33.8 Å². The summed E-state index contributed by atoms with van der Waals surface area (Å²) in [5, 5.41) is 1.09. The van der Waals surface area contributed by atoms with Crippen molar-refractivity contribution in [1.82, 2.24) is 4.90 Å². The van der Waals surface area contributed by atoms with Crippen LogP contribution < -0.4 is 0 Å². The topological polar surface area (TPSA) is 29.5 Å². The van der Waals surface area contributed by atoms with Gasteiger partial charge in [-0.05, 0) is 57.9 Å². The average molecular weight is 330 g/mol. The molecule has 0 amide bonds. The van der Waals surface area contributed by atoms with Gasteiger partial charge in [0.1, 0.15) is 11.6 Å². The predicted octanol–water partition coefficient (Wildman–Crippen LogP) is 4.30. The highest BCUT2D eigenvalue weighted by atomic mass is 35.5. The minimum atomic E-state index is -0.449. The van der Waals surface area contributed by atoms with Crippen LogP contribution >= 0.6 is 23.2 Å². The van der Waals surface area contributed by atoms with Gasteiger partial charge >= 0.3 is 5.97 Å². The molecule has 1 fully saturated rings. The number of hydrogen-bond acceptors (Lipinski definition) is 3. The Labute approximate surface area is 136 Å². The summed E-state index contributed by atoms with van der Waals surface area (Å²) in [6, 6.07) is 5.42. The van der Waals surface area contributed by atoms with E-state index in [0.29, 0.717) is 16.6 Å². The number of esters is 1. The zero-order valence-corrected chi connectivity index (χ0v) is 14.2. The van der Waals surface area contributed by atoms with Crippen LogP contribution in [-0.4, -0.2) is 29.1 Å².